The lowest BCUT2D eigenvalue weighted by Gasteiger charge is -2.08. The highest BCUT2D eigenvalue weighted by atomic mass is 16.5. The second kappa shape index (κ2) is 6.88. The summed E-state index contributed by atoms with van der Waals surface area (Å²) < 4.78 is 5.20. The van der Waals surface area contributed by atoms with Crippen molar-refractivity contribution in [1.82, 2.24) is 0 Å². The highest BCUT2D eigenvalue weighted by Crippen LogP contribution is 2.24. The van der Waals surface area contributed by atoms with Crippen molar-refractivity contribution < 1.29 is 4.74 Å². The second-order valence-electron chi connectivity index (χ2n) is 2.86. The maximum atomic E-state index is 5.20. The molecule has 15 heavy (non-hydrogen) atoms. The molecule has 1 aromatic carbocycles. The highest BCUT2D eigenvalue weighted by Gasteiger charge is 2.02. The number of methoxy groups -OCH3 is 1. The lowest BCUT2D eigenvalue weighted by atomic mass is 10.0. The average Bonchev–Trinajstić information content (AvgIpc) is 2.31. The summed E-state index contributed by atoms with van der Waals surface area (Å²) >= 11 is 0. The van der Waals surface area contributed by atoms with Crippen LogP contribution in [0.25, 0.3) is 12.2 Å². The van der Waals surface area contributed by atoms with E-state index < -0.39 is 0 Å². The van der Waals surface area contributed by atoms with Crippen molar-refractivity contribution in [2.24, 2.45) is 0 Å². The van der Waals surface area contributed by atoms with Crippen LogP contribution in [0.1, 0.15) is 30.5 Å². The molecule has 1 aromatic rings. The van der Waals surface area contributed by atoms with Crippen LogP contribution in [0, 0.1) is 6.92 Å². The van der Waals surface area contributed by atoms with Crippen molar-refractivity contribution in [2.45, 2.75) is 20.8 Å². The molecule has 1 rings (SSSR count). The van der Waals surface area contributed by atoms with Gasteiger partial charge in [0, 0.05) is 0 Å². The minimum atomic E-state index is 0.889. The Balaban J connectivity index is 0.000000921. The minimum absolute atomic E-state index is 0.889. The third-order valence-corrected chi connectivity index (χ3v) is 2.04. The molecule has 1 heteroatoms. The number of rotatable bonds is 3. The molecule has 82 valence electrons. The lowest BCUT2D eigenvalue weighted by Crippen LogP contribution is -1.90. The van der Waals surface area contributed by atoms with E-state index in [0.29, 0.717) is 0 Å². The summed E-state index contributed by atoms with van der Waals surface area (Å²) in [6, 6.07) is 4.02. The van der Waals surface area contributed by atoms with E-state index in [2.05, 4.69) is 13.2 Å². The number of benzene rings is 1. The second-order valence-corrected chi connectivity index (χ2v) is 2.86. The van der Waals surface area contributed by atoms with Gasteiger partial charge in [0.15, 0.2) is 0 Å². The smallest absolute Gasteiger partial charge is 0.122 e. The normalized spacial score (nSPS) is 8.53. The first-order valence-corrected chi connectivity index (χ1v) is 5.16. The van der Waals surface area contributed by atoms with E-state index in [1.807, 2.05) is 39.0 Å². The van der Waals surface area contributed by atoms with Gasteiger partial charge >= 0.3 is 0 Å². The summed E-state index contributed by atoms with van der Waals surface area (Å²) in [4.78, 5) is 0. The van der Waals surface area contributed by atoms with Gasteiger partial charge in [-0.25, -0.2) is 0 Å². The van der Waals surface area contributed by atoms with Gasteiger partial charge in [0.1, 0.15) is 5.75 Å². The molecule has 0 bridgehead atoms. The predicted octanol–water partition coefficient (Wildman–Crippen LogP) is 4.32. The van der Waals surface area contributed by atoms with Crippen molar-refractivity contribution >= 4 is 12.2 Å². The van der Waals surface area contributed by atoms with Crippen LogP contribution in [-0.4, -0.2) is 7.11 Å². The van der Waals surface area contributed by atoms with Gasteiger partial charge in [0.05, 0.1) is 7.11 Å². The zero-order valence-electron chi connectivity index (χ0n) is 10.1. The van der Waals surface area contributed by atoms with Crippen LogP contribution in [0.3, 0.4) is 0 Å². The number of hydrogen-bond donors (Lipinski definition) is 0. The van der Waals surface area contributed by atoms with E-state index in [9.17, 15) is 0 Å². The molecule has 0 aliphatic heterocycles. The molecule has 0 fully saturated rings. The number of ether oxygens (including phenoxy) is 1. The van der Waals surface area contributed by atoms with Crippen LogP contribution in [0.2, 0.25) is 0 Å². The quantitative estimate of drug-likeness (QED) is 0.712. The van der Waals surface area contributed by atoms with E-state index in [1.165, 1.54) is 0 Å². The molecular formula is C14H20O. The Kier molecular flexibility index (Phi) is 6.19. The van der Waals surface area contributed by atoms with Gasteiger partial charge in [0.25, 0.3) is 0 Å². The summed E-state index contributed by atoms with van der Waals surface area (Å²) in [7, 11) is 1.67. The molecule has 0 radical (unpaired) electrons. The van der Waals surface area contributed by atoms with E-state index in [-0.39, 0.29) is 0 Å². The molecule has 0 aliphatic rings. The first-order chi connectivity index (χ1) is 7.22. The van der Waals surface area contributed by atoms with Crippen LogP contribution >= 0.6 is 0 Å². The Morgan fingerprint density at radius 2 is 1.53 bits per heavy atom. The van der Waals surface area contributed by atoms with Crippen molar-refractivity contribution in [3.05, 3.63) is 42.0 Å². The monoisotopic (exact) mass is 204 g/mol. The maximum absolute atomic E-state index is 5.20. The maximum Gasteiger partial charge on any atom is 0.122 e. The van der Waals surface area contributed by atoms with Crippen molar-refractivity contribution in [3.63, 3.8) is 0 Å². The van der Waals surface area contributed by atoms with Crippen LogP contribution in [0.4, 0.5) is 0 Å². The minimum Gasteiger partial charge on any atom is -0.496 e. The van der Waals surface area contributed by atoms with Crippen molar-refractivity contribution in [2.75, 3.05) is 7.11 Å². The fourth-order valence-corrected chi connectivity index (χ4v) is 1.30. The lowest BCUT2D eigenvalue weighted by molar-refractivity contribution is 0.411. The summed E-state index contributed by atoms with van der Waals surface area (Å²) in [6.45, 7) is 13.5. The van der Waals surface area contributed by atoms with E-state index in [4.69, 9.17) is 4.74 Å². The topological polar surface area (TPSA) is 9.23 Å². The van der Waals surface area contributed by atoms with Crippen LogP contribution < -0.4 is 4.74 Å². The first kappa shape index (κ1) is 13.5. The largest absolute Gasteiger partial charge is 0.496 e. The van der Waals surface area contributed by atoms with E-state index >= 15 is 0 Å². The first-order valence-electron chi connectivity index (χ1n) is 5.16. The fraction of sp³-hybridized carbons (Fsp3) is 0.286. The molecule has 0 N–H and O–H groups in total. The molecule has 0 heterocycles. The van der Waals surface area contributed by atoms with Gasteiger partial charge in [0.2, 0.25) is 0 Å². The van der Waals surface area contributed by atoms with Gasteiger partial charge in [-0.05, 0) is 35.7 Å². The molecule has 0 spiro atoms. The molecule has 1 nitrogen and oxygen atoms in total. The number of aryl methyl sites for hydroxylation is 1. The summed E-state index contributed by atoms with van der Waals surface area (Å²) in [5, 5.41) is 0. The Hall–Kier alpha value is -1.50. The third kappa shape index (κ3) is 3.28. The molecule has 0 unspecified atom stereocenters. The van der Waals surface area contributed by atoms with Crippen LogP contribution in [-0.2, 0) is 0 Å². The Morgan fingerprint density at radius 1 is 1.07 bits per heavy atom. The standard InChI is InChI=1S/C12H14O.C2H6/c1-5-10-7-9(3)12(13-4)8-11(10)6-2;1-2/h5-8H,1-2H2,3-4H3;1-2H3. The van der Waals surface area contributed by atoms with E-state index in [1.54, 1.807) is 13.2 Å². The molecular weight excluding hydrogens is 184 g/mol. The fourth-order valence-electron chi connectivity index (χ4n) is 1.30. The molecule has 0 saturated heterocycles. The summed E-state index contributed by atoms with van der Waals surface area (Å²) in [5.74, 6) is 0.889. The van der Waals surface area contributed by atoms with Gasteiger partial charge in [-0.15, -0.1) is 0 Å². The SMILES string of the molecule is C=Cc1cc(C)c(OC)cc1C=C.CC. The molecule has 0 aliphatic carbocycles. The predicted molar refractivity (Wildman–Crippen MR) is 69.3 cm³/mol. The third-order valence-electron chi connectivity index (χ3n) is 2.04. The van der Waals surface area contributed by atoms with Crippen molar-refractivity contribution in [1.29, 1.82) is 0 Å². The van der Waals surface area contributed by atoms with Gasteiger partial charge in [-0.3, -0.25) is 0 Å². The highest BCUT2D eigenvalue weighted by molar-refractivity contribution is 5.66. The van der Waals surface area contributed by atoms with Gasteiger partial charge in [-0.1, -0.05) is 39.2 Å². The molecule has 0 saturated carbocycles. The summed E-state index contributed by atoms with van der Waals surface area (Å²) in [6.07, 6.45) is 3.63. The Morgan fingerprint density at radius 3 is 1.93 bits per heavy atom. The van der Waals surface area contributed by atoms with E-state index in [0.717, 1.165) is 22.4 Å². The Bertz CT molecular complexity index is 337. The zero-order valence-corrected chi connectivity index (χ0v) is 10.1. The molecule has 0 amide bonds. The number of hydrogen-bond acceptors (Lipinski definition) is 1. The van der Waals surface area contributed by atoms with Gasteiger partial charge < -0.3 is 4.74 Å². The average molecular weight is 204 g/mol. The molecule has 0 aromatic heterocycles. The zero-order chi connectivity index (χ0) is 11.8. The molecule has 0 atom stereocenters. The van der Waals surface area contributed by atoms with Gasteiger partial charge in [-0.2, -0.15) is 0 Å². The van der Waals surface area contributed by atoms with Crippen molar-refractivity contribution in [3.8, 4) is 5.75 Å². The van der Waals surface area contributed by atoms with Crippen LogP contribution in [0.15, 0.2) is 25.3 Å². The van der Waals surface area contributed by atoms with Crippen LogP contribution in [0.5, 0.6) is 5.75 Å². The Labute approximate surface area is 93.1 Å². The summed E-state index contributed by atoms with van der Waals surface area (Å²) in [5.41, 5.74) is 3.26.